The number of nitrogens with one attached hydrogen (secondary N) is 2. The summed E-state index contributed by atoms with van der Waals surface area (Å²) >= 11 is 0. The van der Waals surface area contributed by atoms with Gasteiger partial charge in [-0.1, -0.05) is 13.3 Å². The second-order valence-electron chi connectivity index (χ2n) is 6.16. The highest BCUT2D eigenvalue weighted by Crippen LogP contribution is 2.08. The predicted molar refractivity (Wildman–Crippen MR) is 77.0 cm³/mol. The molecule has 0 aliphatic carbocycles. The minimum absolute atomic E-state index is 0.167. The predicted octanol–water partition coefficient (Wildman–Crippen LogP) is 1.81. The molecule has 0 aromatic carbocycles. The van der Waals surface area contributed by atoms with Gasteiger partial charge in [-0.3, -0.25) is 10.2 Å². The molecular weight excluding hydrogens is 258 g/mol. The zero-order valence-electron chi connectivity index (χ0n) is 13.0. The second-order valence-corrected chi connectivity index (χ2v) is 6.16. The van der Waals surface area contributed by atoms with E-state index in [1.54, 1.807) is 20.8 Å². The maximum absolute atomic E-state index is 12.2. The van der Waals surface area contributed by atoms with Gasteiger partial charge in [0.05, 0.1) is 0 Å². The van der Waals surface area contributed by atoms with Gasteiger partial charge in [0, 0.05) is 13.1 Å². The Hall–Kier alpha value is -1.30. The van der Waals surface area contributed by atoms with E-state index in [0.717, 1.165) is 32.4 Å². The first-order chi connectivity index (χ1) is 9.31. The van der Waals surface area contributed by atoms with Crippen LogP contribution in [0.4, 0.5) is 4.79 Å². The first-order valence-electron chi connectivity index (χ1n) is 7.37. The Kier molecular flexibility index (Phi) is 6.26. The van der Waals surface area contributed by atoms with Gasteiger partial charge in [-0.25, -0.2) is 9.80 Å². The number of alkyl carbamates (subject to hydrolysis) is 1. The molecule has 6 nitrogen and oxygen atoms in total. The first-order valence-corrected chi connectivity index (χ1v) is 7.37. The lowest BCUT2D eigenvalue weighted by molar-refractivity contribution is -0.127. The van der Waals surface area contributed by atoms with E-state index in [1.165, 1.54) is 0 Å². The average molecular weight is 285 g/mol. The van der Waals surface area contributed by atoms with E-state index in [1.807, 2.05) is 11.9 Å². The van der Waals surface area contributed by atoms with Crippen LogP contribution in [0.3, 0.4) is 0 Å². The van der Waals surface area contributed by atoms with Gasteiger partial charge in [0.1, 0.15) is 11.6 Å². The average Bonchev–Trinajstić information content (AvgIpc) is 2.78. The van der Waals surface area contributed by atoms with Crippen LogP contribution in [0.2, 0.25) is 0 Å². The van der Waals surface area contributed by atoms with Gasteiger partial charge in [-0.2, -0.15) is 0 Å². The van der Waals surface area contributed by atoms with Crippen LogP contribution < -0.4 is 10.7 Å². The fraction of sp³-hybridized carbons (Fsp3) is 0.857. The van der Waals surface area contributed by atoms with Crippen molar-refractivity contribution in [3.8, 4) is 0 Å². The summed E-state index contributed by atoms with van der Waals surface area (Å²) in [5, 5.41) is 4.55. The van der Waals surface area contributed by atoms with Crippen LogP contribution in [0, 0.1) is 0 Å². The molecule has 1 saturated heterocycles. The van der Waals surface area contributed by atoms with Crippen molar-refractivity contribution in [1.29, 1.82) is 0 Å². The van der Waals surface area contributed by atoms with Gasteiger partial charge in [0.2, 0.25) is 0 Å². The van der Waals surface area contributed by atoms with Crippen LogP contribution in [0.25, 0.3) is 0 Å². The molecule has 20 heavy (non-hydrogen) atoms. The molecule has 116 valence electrons. The van der Waals surface area contributed by atoms with E-state index in [0.29, 0.717) is 6.42 Å². The molecule has 0 spiro atoms. The molecule has 1 aliphatic heterocycles. The molecular formula is C14H27N3O3. The molecule has 2 amide bonds. The lowest BCUT2D eigenvalue weighted by atomic mass is 10.1. The Labute approximate surface area is 121 Å². The van der Waals surface area contributed by atoms with E-state index in [9.17, 15) is 9.59 Å². The van der Waals surface area contributed by atoms with Crippen LogP contribution in [0.1, 0.15) is 53.4 Å². The number of hydrogen-bond acceptors (Lipinski definition) is 4. The Morgan fingerprint density at radius 3 is 2.35 bits per heavy atom. The molecule has 0 bridgehead atoms. The van der Waals surface area contributed by atoms with Crippen molar-refractivity contribution in [1.82, 2.24) is 15.8 Å². The normalized spacial score (nSPS) is 17.6. The van der Waals surface area contributed by atoms with E-state index < -0.39 is 17.7 Å². The lowest BCUT2D eigenvalue weighted by Gasteiger charge is -2.25. The summed E-state index contributed by atoms with van der Waals surface area (Å²) in [4.78, 5) is 23.9. The third-order valence-electron chi connectivity index (χ3n) is 2.96. The van der Waals surface area contributed by atoms with Crippen molar-refractivity contribution in [3.05, 3.63) is 0 Å². The van der Waals surface area contributed by atoms with Crippen LogP contribution in [0.15, 0.2) is 0 Å². The van der Waals surface area contributed by atoms with Crippen molar-refractivity contribution in [3.63, 3.8) is 0 Å². The third kappa shape index (κ3) is 6.23. The van der Waals surface area contributed by atoms with Crippen molar-refractivity contribution >= 4 is 12.0 Å². The SMILES string of the molecule is CCC[C@H](NC(=O)OC(C)(C)C)C(=O)NN1CCCC1. The fourth-order valence-corrected chi connectivity index (χ4v) is 2.07. The number of ether oxygens (including phenoxy) is 1. The molecule has 1 heterocycles. The van der Waals surface area contributed by atoms with E-state index >= 15 is 0 Å². The largest absolute Gasteiger partial charge is 0.444 e. The zero-order chi connectivity index (χ0) is 15.2. The molecule has 0 unspecified atom stereocenters. The second kappa shape index (κ2) is 7.47. The topological polar surface area (TPSA) is 70.7 Å². The fourth-order valence-electron chi connectivity index (χ4n) is 2.07. The van der Waals surface area contributed by atoms with Crippen LogP contribution in [-0.2, 0) is 9.53 Å². The standard InChI is InChI=1S/C14H27N3O3/c1-5-8-11(15-13(19)20-14(2,3)4)12(18)16-17-9-6-7-10-17/h11H,5-10H2,1-4H3,(H,15,19)(H,16,18)/t11-/m0/s1. The molecule has 1 atom stereocenters. The van der Waals surface area contributed by atoms with Crippen molar-refractivity contribution in [2.24, 2.45) is 0 Å². The molecule has 0 radical (unpaired) electrons. The number of carbonyl (C=O) groups excluding carboxylic acids is 2. The Bertz CT molecular complexity index is 333. The van der Waals surface area contributed by atoms with Gasteiger partial charge < -0.3 is 10.1 Å². The zero-order valence-corrected chi connectivity index (χ0v) is 13.0. The number of amides is 2. The van der Waals surface area contributed by atoms with Gasteiger partial charge in [-0.05, 0) is 40.0 Å². The number of carbonyl (C=O) groups is 2. The van der Waals surface area contributed by atoms with E-state index in [4.69, 9.17) is 4.74 Å². The number of nitrogens with zero attached hydrogens (tertiary/aromatic N) is 1. The monoisotopic (exact) mass is 285 g/mol. The quantitative estimate of drug-likeness (QED) is 0.808. The maximum atomic E-state index is 12.2. The van der Waals surface area contributed by atoms with Gasteiger partial charge in [0.25, 0.3) is 5.91 Å². The molecule has 0 aromatic heterocycles. The smallest absolute Gasteiger partial charge is 0.408 e. The van der Waals surface area contributed by atoms with Crippen molar-refractivity contribution in [2.75, 3.05) is 13.1 Å². The summed E-state index contributed by atoms with van der Waals surface area (Å²) in [5.41, 5.74) is 2.29. The molecule has 1 rings (SSSR count). The number of hydrogen-bond donors (Lipinski definition) is 2. The van der Waals surface area contributed by atoms with Crippen molar-refractivity contribution < 1.29 is 14.3 Å². The summed E-state index contributed by atoms with van der Waals surface area (Å²) < 4.78 is 5.19. The molecule has 0 saturated carbocycles. The molecule has 1 aliphatic rings. The third-order valence-corrected chi connectivity index (χ3v) is 2.96. The molecule has 2 N–H and O–H groups in total. The Morgan fingerprint density at radius 2 is 1.85 bits per heavy atom. The summed E-state index contributed by atoms with van der Waals surface area (Å²) in [6.45, 7) is 9.12. The van der Waals surface area contributed by atoms with Gasteiger partial charge >= 0.3 is 6.09 Å². The Morgan fingerprint density at radius 1 is 1.25 bits per heavy atom. The summed E-state index contributed by atoms with van der Waals surface area (Å²) in [6.07, 6.45) is 3.05. The van der Waals surface area contributed by atoms with E-state index in [2.05, 4.69) is 10.7 Å². The number of rotatable bonds is 5. The lowest BCUT2D eigenvalue weighted by Crippen LogP contribution is -2.52. The minimum atomic E-state index is -0.563. The molecule has 0 aromatic rings. The summed E-state index contributed by atoms with van der Waals surface area (Å²) in [5.74, 6) is -0.167. The van der Waals surface area contributed by atoms with Crippen LogP contribution >= 0.6 is 0 Å². The van der Waals surface area contributed by atoms with Gasteiger partial charge in [0.15, 0.2) is 0 Å². The minimum Gasteiger partial charge on any atom is -0.444 e. The molecule has 6 heteroatoms. The summed E-state index contributed by atoms with van der Waals surface area (Å²) in [6, 6.07) is -0.546. The Balaban J connectivity index is 2.49. The molecule has 1 fully saturated rings. The van der Waals surface area contributed by atoms with Crippen molar-refractivity contribution in [2.45, 2.75) is 65.0 Å². The highest BCUT2D eigenvalue weighted by Gasteiger charge is 2.25. The highest BCUT2D eigenvalue weighted by atomic mass is 16.6. The number of hydrazine groups is 1. The summed E-state index contributed by atoms with van der Waals surface area (Å²) in [7, 11) is 0. The van der Waals surface area contributed by atoms with Gasteiger partial charge in [-0.15, -0.1) is 0 Å². The van der Waals surface area contributed by atoms with E-state index in [-0.39, 0.29) is 5.91 Å². The first kappa shape index (κ1) is 16.8. The highest BCUT2D eigenvalue weighted by molar-refractivity contribution is 5.85. The van der Waals surface area contributed by atoms with Crippen LogP contribution in [-0.4, -0.2) is 41.7 Å². The van der Waals surface area contributed by atoms with Crippen LogP contribution in [0.5, 0.6) is 0 Å². The maximum Gasteiger partial charge on any atom is 0.408 e.